The van der Waals surface area contributed by atoms with Crippen molar-refractivity contribution >= 4 is 55.1 Å². The zero-order valence-corrected chi connectivity index (χ0v) is 10.4. The van der Waals surface area contributed by atoms with Crippen LogP contribution in [-0.4, -0.2) is 9.64 Å². The van der Waals surface area contributed by atoms with Gasteiger partial charge in [-0.25, -0.2) is 0 Å². The first-order valence-electron chi connectivity index (χ1n) is 3.44. The number of benzene rings is 1. The summed E-state index contributed by atoms with van der Waals surface area (Å²) in [5.74, 6) is -0.151. The number of carbonyl (C=O) groups excluding carboxylic acids is 1. The van der Waals surface area contributed by atoms with Crippen LogP contribution in [0.1, 0.15) is 0 Å². The normalized spacial score (nSPS) is 10.2. The number of carbonyl (C=O) groups is 1. The maximum atomic E-state index is 11.2. The van der Waals surface area contributed by atoms with Crippen molar-refractivity contribution in [1.82, 2.24) is 0 Å². The zero-order valence-electron chi connectivity index (χ0n) is 6.43. The Morgan fingerprint density at radius 3 is 2.31 bits per heavy atom. The number of amides is 1. The summed E-state index contributed by atoms with van der Waals surface area (Å²) in [6.45, 7) is 0. The molecule has 1 N–H and O–H groups in total. The quantitative estimate of drug-likeness (QED) is 0.829. The fourth-order valence-electron chi connectivity index (χ4n) is 0.730. The zero-order chi connectivity index (χ0) is 9.84. The lowest BCUT2D eigenvalue weighted by Gasteiger charge is -2.04. The molecule has 1 aromatic carbocycles. The molecule has 1 aromatic rings. The van der Waals surface area contributed by atoms with Crippen molar-refractivity contribution in [1.29, 1.82) is 0 Å². The molecular weight excluding hydrogens is 321 g/mol. The highest BCUT2D eigenvalue weighted by Gasteiger charge is 2.09. The average molecular weight is 327 g/mol. The van der Waals surface area contributed by atoms with Crippen molar-refractivity contribution in [2.75, 3.05) is 5.32 Å². The molecule has 0 saturated carbocycles. The van der Waals surface area contributed by atoms with Gasteiger partial charge in [0, 0.05) is 10.7 Å². The Kier molecular flexibility index (Phi) is 4.22. The van der Waals surface area contributed by atoms with E-state index in [1.807, 2.05) is 0 Å². The molecule has 0 radical (unpaired) electrons. The number of hydrogen-bond acceptors (Lipinski definition) is 1. The second kappa shape index (κ2) is 4.98. The van der Waals surface area contributed by atoms with Gasteiger partial charge in [0.05, 0.1) is 0 Å². The van der Waals surface area contributed by atoms with Gasteiger partial charge >= 0.3 is 0 Å². The fourth-order valence-corrected chi connectivity index (χ4v) is 1.08. The van der Waals surface area contributed by atoms with E-state index in [1.165, 1.54) is 0 Å². The molecule has 1 amide bonds. The Balaban J connectivity index is 2.65. The molecule has 70 valence electrons. The van der Waals surface area contributed by atoms with E-state index in [-0.39, 0.29) is 9.64 Å². The topological polar surface area (TPSA) is 29.1 Å². The second-order valence-electron chi connectivity index (χ2n) is 2.30. The van der Waals surface area contributed by atoms with Crippen LogP contribution in [0.3, 0.4) is 0 Å². The van der Waals surface area contributed by atoms with Crippen molar-refractivity contribution in [2.24, 2.45) is 0 Å². The number of hydrogen-bond donors (Lipinski definition) is 1. The third-order valence-electron chi connectivity index (χ3n) is 1.31. The lowest BCUT2D eigenvalue weighted by Crippen LogP contribution is -2.17. The van der Waals surface area contributed by atoms with Gasteiger partial charge in [-0.05, 0) is 24.3 Å². The van der Waals surface area contributed by atoms with Gasteiger partial charge in [-0.2, -0.15) is 0 Å². The van der Waals surface area contributed by atoms with Crippen LogP contribution in [0.25, 0.3) is 0 Å². The molecule has 13 heavy (non-hydrogen) atoms. The van der Waals surface area contributed by atoms with E-state index in [1.54, 1.807) is 24.3 Å². The van der Waals surface area contributed by atoms with Crippen LogP contribution < -0.4 is 5.32 Å². The van der Waals surface area contributed by atoms with Crippen LogP contribution in [0.15, 0.2) is 24.3 Å². The van der Waals surface area contributed by atoms with Gasteiger partial charge in [0.2, 0.25) is 5.91 Å². The Morgan fingerprint density at radius 2 is 1.85 bits per heavy atom. The van der Waals surface area contributed by atoms with Crippen LogP contribution in [0, 0.1) is 0 Å². The molecule has 1 rings (SSSR count). The summed E-state index contributed by atoms with van der Waals surface area (Å²) >= 11 is 11.9. The van der Waals surface area contributed by atoms with Gasteiger partial charge in [-0.15, -0.1) is 0 Å². The van der Waals surface area contributed by atoms with Crippen molar-refractivity contribution in [3.8, 4) is 0 Å². The molecule has 0 aromatic heterocycles. The van der Waals surface area contributed by atoms with Crippen molar-refractivity contribution in [3.63, 3.8) is 0 Å². The molecule has 0 aliphatic rings. The number of halogens is 3. The molecule has 0 heterocycles. The van der Waals surface area contributed by atoms with Crippen molar-refractivity contribution in [3.05, 3.63) is 29.3 Å². The first-order chi connectivity index (χ1) is 6.09. The largest absolute Gasteiger partial charge is 0.324 e. The highest BCUT2D eigenvalue weighted by Crippen LogP contribution is 2.16. The monoisotopic (exact) mass is 325 g/mol. The minimum Gasteiger partial charge on any atom is -0.324 e. The Labute approximate surface area is 97.9 Å². The first-order valence-corrected chi connectivity index (χ1v) is 5.65. The van der Waals surface area contributed by atoms with Crippen LogP contribution in [0.2, 0.25) is 5.02 Å². The molecule has 5 heteroatoms. The molecule has 0 aliphatic carbocycles. The van der Waals surface area contributed by atoms with Crippen LogP contribution >= 0.6 is 43.5 Å². The minimum atomic E-state index is -0.379. The van der Waals surface area contributed by atoms with Gasteiger partial charge in [-0.3, -0.25) is 4.79 Å². The molecule has 0 saturated heterocycles. The van der Waals surface area contributed by atoms with Crippen LogP contribution in [0.5, 0.6) is 0 Å². The minimum absolute atomic E-state index is 0.151. The number of alkyl halides is 2. The molecule has 0 unspecified atom stereocenters. The Morgan fingerprint density at radius 1 is 1.31 bits per heavy atom. The van der Waals surface area contributed by atoms with Crippen molar-refractivity contribution < 1.29 is 4.79 Å². The second-order valence-corrected chi connectivity index (χ2v) is 5.79. The van der Waals surface area contributed by atoms with Crippen LogP contribution in [-0.2, 0) is 4.79 Å². The number of nitrogens with one attached hydrogen (secondary N) is 1. The summed E-state index contributed by atoms with van der Waals surface area (Å²) in [5.41, 5.74) is 0.721. The molecule has 0 aliphatic heterocycles. The summed E-state index contributed by atoms with van der Waals surface area (Å²) in [7, 11) is 0. The first kappa shape index (κ1) is 11.0. The lowest BCUT2D eigenvalue weighted by molar-refractivity contribution is -0.114. The van der Waals surface area contributed by atoms with Gasteiger partial charge < -0.3 is 5.32 Å². The summed E-state index contributed by atoms with van der Waals surface area (Å²) in [4.78, 5) is 11.2. The van der Waals surface area contributed by atoms with E-state index in [0.717, 1.165) is 5.69 Å². The average Bonchev–Trinajstić information content (AvgIpc) is 2.08. The van der Waals surface area contributed by atoms with Gasteiger partial charge in [0.15, 0.2) is 0 Å². The highest BCUT2D eigenvalue weighted by atomic mass is 79.9. The molecular formula is C8H6Br2ClNO. The van der Waals surface area contributed by atoms with Gasteiger partial charge in [-0.1, -0.05) is 43.5 Å². The molecule has 0 spiro atoms. The fraction of sp³-hybridized carbons (Fsp3) is 0.125. The smallest absolute Gasteiger partial charge is 0.248 e. The maximum Gasteiger partial charge on any atom is 0.248 e. The summed E-state index contributed by atoms with van der Waals surface area (Å²) in [6, 6.07) is 6.91. The van der Waals surface area contributed by atoms with E-state index in [9.17, 15) is 4.79 Å². The predicted octanol–water partition coefficient (Wildman–Crippen LogP) is 3.39. The van der Waals surface area contributed by atoms with Gasteiger partial charge in [0.1, 0.15) is 3.74 Å². The van der Waals surface area contributed by atoms with E-state index in [4.69, 9.17) is 11.6 Å². The summed E-state index contributed by atoms with van der Waals surface area (Å²) < 4.78 is -0.379. The Hall–Kier alpha value is -0.0600. The van der Waals surface area contributed by atoms with Crippen LogP contribution in [0.4, 0.5) is 5.69 Å². The highest BCUT2D eigenvalue weighted by molar-refractivity contribution is 9.25. The molecule has 0 atom stereocenters. The van der Waals surface area contributed by atoms with Crippen molar-refractivity contribution in [2.45, 2.75) is 3.74 Å². The van der Waals surface area contributed by atoms with E-state index < -0.39 is 0 Å². The number of rotatable bonds is 2. The summed E-state index contributed by atoms with van der Waals surface area (Å²) in [6.07, 6.45) is 0. The summed E-state index contributed by atoms with van der Waals surface area (Å²) in [5, 5.41) is 3.32. The number of anilines is 1. The Bertz CT molecular complexity index is 300. The molecule has 2 nitrogen and oxygen atoms in total. The molecule has 0 fully saturated rings. The third kappa shape index (κ3) is 3.67. The third-order valence-corrected chi connectivity index (χ3v) is 2.39. The maximum absolute atomic E-state index is 11.2. The SMILES string of the molecule is O=C(Nc1ccc(Cl)cc1)C(Br)Br. The van der Waals surface area contributed by atoms with Gasteiger partial charge in [0.25, 0.3) is 0 Å². The lowest BCUT2D eigenvalue weighted by atomic mass is 10.3. The van der Waals surface area contributed by atoms with E-state index in [0.29, 0.717) is 5.02 Å². The van der Waals surface area contributed by atoms with E-state index >= 15 is 0 Å². The predicted molar refractivity (Wildman–Crippen MR) is 61.7 cm³/mol. The van der Waals surface area contributed by atoms with E-state index in [2.05, 4.69) is 37.2 Å². The molecule has 0 bridgehead atoms. The standard InChI is InChI=1S/C8H6Br2ClNO/c9-7(10)8(13)12-6-3-1-5(11)2-4-6/h1-4,7H,(H,12,13).